The van der Waals surface area contributed by atoms with E-state index in [0.717, 1.165) is 11.1 Å². The standard InChI is InChI=1S/C23H20N4O4/c24-17-5-1-14(2-6-17)4-9-20(28)25-12-15-3-7-18-16(11-15)13-27(23(18)31)19-8-10-21(29)26-22(19)30/h1-3,5-7,11,19H,8,10,12-13,24H2,(H,25,28)(H,26,29,30). The zero-order valence-electron chi connectivity index (χ0n) is 16.6. The van der Waals surface area contributed by atoms with E-state index in [1.165, 1.54) is 4.90 Å². The number of nitrogens with two attached hydrogens (primary N) is 1. The highest BCUT2D eigenvalue weighted by Crippen LogP contribution is 2.28. The normalized spacial score (nSPS) is 17.5. The summed E-state index contributed by atoms with van der Waals surface area (Å²) in [5.41, 5.74) is 9.07. The number of rotatable bonds is 3. The van der Waals surface area contributed by atoms with Gasteiger partial charge in [-0.1, -0.05) is 18.1 Å². The molecular weight excluding hydrogens is 396 g/mol. The van der Waals surface area contributed by atoms with Crippen molar-refractivity contribution >= 4 is 29.3 Å². The topological polar surface area (TPSA) is 122 Å². The first-order chi connectivity index (χ1) is 14.9. The van der Waals surface area contributed by atoms with Crippen molar-refractivity contribution in [2.75, 3.05) is 5.73 Å². The average molecular weight is 416 g/mol. The van der Waals surface area contributed by atoms with E-state index in [2.05, 4.69) is 22.5 Å². The van der Waals surface area contributed by atoms with Gasteiger partial charge in [0.2, 0.25) is 11.8 Å². The Labute approximate surface area is 178 Å². The largest absolute Gasteiger partial charge is 0.399 e. The molecule has 2 aromatic rings. The van der Waals surface area contributed by atoms with E-state index >= 15 is 0 Å². The van der Waals surface area contributed by atoms with Crippen molar-refractivity contribution in [3.63, 3.8) is 0 Å². The Balaban J connectivity index is 1.38. The van der Waals surface area contributed by atoms with E-state index in [9.17, 15) is 19.2 Å². The van der Waals surface area contributed by atoms with Crippen LogP contribution in [0.15, 0.2) is 42.5 Å². The summed E-state index contributed by atoms with van der Waals surface area (Å²) in [5, 5.41) is 5.02. The zero-order valence-corrected chi connectivity index (χ0v) is 16.6. The number of nitrogens with one attached hydrogen (secondary N) is 2. The number of amides is 4. The number of benzene rings is 2. The number of carbonyl (C=O) groups excluding carboxylic acids is 4. The number of anilines is 1. The predicted molar refractivity (Wildman–Crippen MR) is 112 cm³/mol. The molecule has 2 aliphatic heterocycles. The Morgan fingerprint density at radius 2 is 1.94 bits per heavy atom. The van der Waals surface area contributed by atoms with Gasteiger partial charge in [0.1, 0.15) is 6.04 Å². The summed E-state index contributed by atoms with van der Waals surface area (Å²) >= 11 is 0. The van der Waals surface area contributed by atoms with Crippen LogP contribution in [0.25, 0.3) is 0 Å². The quantitative estimate of drug-likeness (QED) is 0.386. The fourth-order valence-corrected chi connectivity index (χ4v) is 3.66. The number of piperidine rings is 1. The summed E-state index contributed by atoms with van der Waals surface area (Å²) in [6.07, 6.45) is 0.533. The van der Waals surface area contributed by atoms with E-state index in [1.54, 1.807) is 36.4 Å². The molecule has 4 N–H and O–H groups in total. The van der Waals surface area contributed by atoms with Gasteiger partial charge >= 0.3 is 0 Å². The molecule has 1 unspecified atom stereocenters. The molecule has 4 amide bonds. The van der Waals surface area contributed by atoms with Crippen molar-refractivity contribution in [2.45, 2.75) is 32.0 Å². The highest BCUT2D eigenvalue weighted by molar-refractivity contribution is 6.05. The maximum absolute atomic E-state index is 12.7. The molecule has 4 rings (SSSR count). The van der Waals surface area contributed by atoms with E-state index in [1.807, 2.05) is 6.07 Å². The summed E-state index contributed by atoms with van der Waals surface area (Å²) in [5.74, 6) is 3.90. The highest BCUT2D eigenvalue weighted by atomic mass is 16.2. The first kappa shape index (κ1) is 20.2. The van der Waals surface area contributed by atoms with E-state index in [0.29, 0.717) is 29.8 Å². The molecule has 0 aromatic heterocycles. The molecule has 0 aliphatic carbocycles. The molecule has 0 spiro atoms. The zero-order chi connectivity index (χ0) is 22.0. The maximum atomic E-state index is 12.7. The summed E-state index contributed by atoms with van der Waals surface area (Å²) in [4.78, 5) is 49.7. The van der Waals surface area contributed by atoms with Crippen molar-refractivity contribution in [2.24, 2.45) is 0 Å². The smallest absolute Gasteiger partial charge is 0.296 e. The van der Waals surface area contributed by atoms with Crippen molar-refractivity contribution in [1.29, 1.82) is 0 Å². The molecule has 2 aliphatic rings. The summed E-state index contributed by atoms with van der Waals surface area (Å²) < 4.78 is 0. The van der Waals surface area contributed by atoms with Crippen LogP contribution in [0, 0.1) is 11.8 Å². The van der Waals surface area contributed by atoms with Crippen LogP contribution in [0.3, 0.4) is 0 Å². The summed E-state index contributed by atoms with van der Waals surface area (Å²) in [7, 11) is 0. The van der Waals surface area contributed by atoms with Crippen molar-refractivity contribution in [3.05, 3.63) is 64.7 Å². The Kier molecular flexibility index (Phi) is 5.41. The van der Waals surface area contributed by atoms with Crippen LogP contribution in [0.2, 0.25) is 0 Å². The second-order valence-corrected chi connectivity index (χ2v) is 7.45. The van der Waals surface area contributed by atoms with Gasteiger partial charge in [0.05, 0.1) is 0 Å². The lowest BCUT2D eigenvalue weighted by molar-refractivity contribution is -0.137. The third kappa shape index (κ3) is 4.41. The van der Waals surface area contributed by atoms with E-state index in [-0.39, 0.29) is 24.8 Å². The molecule has 2 aromatic carbocycles. The van der Waals surface area contributed by atoms with Crippen LogP contribution in [0.4, 0.5) is 5.69 Å². The van der Waals surface area contributed by atoms with Gasteiger partial charge in [-0.2, -0.15) is 0 Å². The molecule has 8 heteroatoms. The molecule has 2 heterocycles. The minimum Gasteiger partial charge on any atom is -0.399 e. The van der Waals surface area contributed by atoms with Gasteiger partial charge in [-0.3, -0.25) is 24.5 Å². The Morgan fingerprint density at radius 3 is 2.68 bits per heavy atom. The van der Waals surface area contributed by atoms with Crippen LogP contribution in [0.5, 0.6) is 0 Å². The number of imide groups is 1. The highest BCUT2D eigenvalue weighted by Gasteiger charge is 2.38. The minimum absolute atomic E-state index is 0.214. The first-order valence-electron chi connectivity index (χ1n) is 9.82. The SMILES string of the molecule is Nc1ccc(C#CC(=O)NCc2ccc3c(c2)CN(C2CCC(=O)NC2=O)C3=O)cc1. The number of hydrogen-bond acceptors (Lipinski definition) is 5. The lowest BCUT2D eigenvalue weighted by Gasteiger charge is -2.29. The van der Waals surface area contributed by atoms with Crippen molar-refractivity contribution < 1.29 is 19.2 Å². The first-order valence-corrected chi connectivity index (χ1v) is 9.82. The fourth-order valence-electron chi connectivity index (χ4n) is 3.66. The van der Waals surface area contributed by atoms with Crippen LogP contribution >= 0.6 is 0 Å². The van der Waals surface area contributed by atoms with Crippen molar-refractivity contribution in [3.8, 4) is 11.8 Å². The average Bonchev–Trinajstić information content (AvgIpc) is 3.07. The molecule has 8 nitrogen and oxygen atoms in total. The van der Waals surface area contributed by atoms with Gasteiger partial charge in [-0.15, -0.1) is 0 Å². The fraction of sp³-hybridized carbons (Fsp3) is 0.217. The molecule has 1 atom stereocenters. The van der Waals surface area contributed by atoms with E-state index in [4.69, 9.17) is 5.73 Å². The molecule has 0 bridgehead atoms. The van der Waals surface area contributed by atoms with Crippen LogP contribution in [0.1, 0.15) is 39.9 Å². The van der Waals surface area contributed by atoms with Crippen molar-refractivity contribution in [1.82, 2.24) is 15.5 Å². The van der Waals surface area contributed by atoms with Gasteiger partial charge in [0.25, 0.3) is 11.8 Å². The molecule has 31 heavy (non-hydrogen) atoms. The number of nitrogen functional groups attached to an aromatic ring is 1. The predicted octanol–water partition coefficient (Wildman–Crippen LogP) is 0.698. The molecule has 156 valence electrons. The van der Waals surface area contributed by atoms with Crippen LogP contribution in [-0.4, -0.2) is 34.6 Å². The Morgan fingerprint density at radius 1 is 1.16 bits per heavy atom. The second kappa shape index (κ2) is 8.32. The second-order valence-electron chi connectivity index (χ2n) is 7.45. The van der Waals surface area contributed by atoms with Gasteiger partial charge in [0, 0.05) is 42.2 Å². The monoisotopic (exact) mass is 416 g/mol. The molecule has 1 fully saturated rings. The number of carbonyl (C=O) groups is 4. The molecule has 0 radical (unpaired) electrons. The molecule has 1 saturated heterocycles. The number of nitrogens with zero attached hydrogens (tertiary/aromatic N) is 1. The van der Waals surface area contributed by atoms with Gasteiger partial charge in [-0.25, -0.2) is 0 Å². The number of fused-ring (bicyclic) bond motifs is 1. The lowest BCUT2D eigenvalue weighted by atomic mass is 10.0. The Bertz CT molecular complexity index is 1140. The molecular formula is C23H20N4O4. The van der Waals surface area contributed by atoms with E-state index < -0.39 is 17.9 Å². The summed E-state index contributed by atoms with van der Waals surface area (Å²) in [6.45, 7) is 0.550. The van der Waals surface area contributed by atoms with Crippen LogP contribution in [-0.2, 0) is 27.5 Å². The van der Waals surface area contributed by atoms with Gasteiger partial charge in [-0.05, 0) is 47.9 Å². The Hall–Kier alpha value is -4.12. The maximum Gasteiger partial charge on any atom is 0.296 e. The van der Waals surface area contributed by atoms with Crippen LogP contribution < -0.4 is 16.4 Å². The third-order valence-electron chi connectivity index (χ3n) is 5.27. The minimum atomic E-state index is -0.649. The third-order valence-corrected chi connectivity index (χ3v) is 5.27. The molecule has 0 saturated carbocycles. The lowest BCUT2D eigenvalue weighted by Crippen LogP contribution is -2.52. The van der Waals surface area contributed by atoms with Gasteiger partial charge in [0.15, 0.2) is 0 Å². The van der Waals surface area contributed by atoms with Gasteiger partial charge < -0.3 is 16.0 Å². The number of hydrogen-bond donors (Lipinski definition) is 3. The summed E-state index contributed by atoms with van der Waals surface area (Å²) in [6, 6.07) is 11.6.